The number of piperidine rings is 1. The minimum atomic E-state index is -2.54. The fourth-order valence-electron chi connectivity index (χ4n) is 2.36. The van der Waals surface area contributed by atoms with Gasteiger partial charge in [-0.1, -0.05) is 0 Å². The molecule has 1 saturated heterocycles. The van der Waals surface area contributed by atoms with E-state index < -0.39 is 6.43 Å². The molecule has 86 valence electrons. The highest BCUT2D eigenvalue weighted by Crippen LogP contribution is 2.39. The molecule has 3 heterocycles. The SMILES string of the molecule is FC(F)c1ccc2c(n1)O[C@H]1CCCN[C@@H]21. The molecule has 1 aromatic rings. The van der Waals surface area contributed by atoms with Crippen molar-refractivity contribution >= 4 is 0 Å². The maximum absolute atomic E-state index is 12.5. The standard InChI is InChI=1S/C11H12F2N2O/c12-10(13)7-4-3-6-9-8(2-1-5-14-9)16-11(6)15-7/h3-4,8-10,14H,1-2,5H2/t8-,9-/m0/s1. The maximum atomic E-state index is 12.5. The molecule has 5 heteroatoms. The van der Waals surface area contributed by atoms with Crippen molar-refractivity contribution in [3.05, 3.63) is 23.4 Å². The van der Waals surface area contributed by atoms with Crippen molar-refractivity contribution in [2.45, 2.75) is 31.4 Å². The number of nitrogens with zero attached hydrogens (tertiary/aromatic N) is 1. The molecule has 0 radical (unpaired) electrons. The van der Waals surface area contributed by atoms with Gasteiger partial charge in [0.15, 0.2) is 0 Å². The molecule has 2 aliphatic rings. The minimum Gasteiger partial charge on any atom is -0.472 e. The van der Waals surface area contributed by atoms with Gasteiger partial charge in [0.1, 0.15) is 11.8 Å². The third-order valence-corrected chi connectivity index (χ3v) is 3.13. The lowest BCUT2D eigenvalue weighted by Gasteiger charge is -2.24. The van der Waals surface area contributed by atoms with Gasteiger partial charge in [0, 0.05) is 5.56 Å². The molecule has 0 spiro atoms. The molecule has 3 rings (SSSR count). The van der Waals surface area contributed by atoms with E-state index in [0.717, 1.165) is 24.9 Å². The molecular weight excluding hydrogens is 214 g/mol. The normalized spacial score (nSPS) is 27.4. The molecule has 0 unspecified atom stereocenters. The minimum absolute atomic E-state index is 0.0594. The molecule has 3 nitrogen and oxygen atoms in total. The number of fused-ring (bicyclic) bond motifs is 3. The Bertz CT molecular complexity index is 411. The predicted molar refractivity (Wildman–Crippen MR) is 53.6 cm³/mol. The summed E-state index contributed by atoms with van der Waals surface area (Å²) in [6.07, 6.45) is -0.469. The van der Waals surface area contributed by atoms with E-state index in [1.807, 2.05) is 0 Å². The molecular formula is C11H12F2N2O. The fourth-order valence-corrected chi connectivity index (χ4v) is 2.36. The van der Waals surface area contributed by atoms with Gasteiger partial charge < -0.3 is 10.1 Å². The van der Waals surface area contributed by atoms with Gasteiger partial charge in [-0.15, -0.1) is 0 Å². The van der Waals surface area contributed by atoms with E-state index in [0.29, 0.717) is 5.88 Å². The quantitative estimate of drug-likeness (QED) is 0.797. The van der Waals surface area contributed by atoms with Gasteiger partial charge in [-0.2, -0.15) is 0 Å². The van der Waals surface area contributed by atoms with Crippen molar-refractivity contribution in [1.82, 2.24) is 10.3 Å². The monoisotopic (exact) mass is 226 g/mol. The predicted octanol–water partition coefficient (Wildman–Crippen LogP) is 2.20. The van der Waals surface area contributed by atoms with Crippen LogP contribution in [-0.2, 0) is 0 Å². The first-order chi connectivity index (χ1) is 7.75. The van der Waals surface area contributed by atoms with Crippen LogP contribution in [0, 0.1) is 0 Å². The Morgan fingerprint density at radius 2 is 2.31 bits per heavy atom. The Balaban J connectivity index is 1.95. The summed E-state index contributed by atoms with van der Waals surface area (Å²) in [7, 11) is 0. The number of hydrogen-bond donors (Lipinski definition) is 1. The number of hydrogen-bond acceptors (Lipinski definition) is 3. The highest BCUT2D eigenvalue weighted by Gasteiger charge is 2.37. The lowest BCUT2D eigenvalue weighted by Crippen LogP contribution is -2.36. The van der Waals surface area contributed by atoms with Crippen molar-refractivity contribution in [3.63, 3.8) is 0 Å². The van der Waals surface area contributed by atoms with Crippen LogP contribution in [-0.4, -0.2) is 17.6 Å². The Morgan fingerprint density at radius 1 is 1.44 bits per heavy atom. The van der Waals surface area contributed by atoms with E-state index in [-0.39, 0.29) is 17.8 Å². The zero-order chi connectivity index (χ0) is 11.1. The molecule has 2 atom stereocenters. The summed E-state index contributed by atoms with van der Waals surface area (Å²) in [5.74, 6) is 0.377. The zero-order valence-electron chi connectivity index (χ0n) is 8.62. The zero-order valence-corrected chi connectivity index (χ0v) is 8.62. The molecule has 1 aromatic heterocycles. The van der Waals surface area contributed by atoms with Crippen molar-refractivity contribution in [1.29, 1.82) is 0 Å². The van der Waals surface area contributed by atoms with Crippen LogP contribution in [0.2, 0.25) is 0 Å². The van der Waals surface area contributed by atoms with E-state index in [4.69, 9.17) is 4.74 Å². The van der Waals surface area contributed by atoms with Crippen molar-refractivity contribution in [2.24, 2.45) is 0 Å². The number of nitrogens with one attached hydrogen (secondary N) is 1. The Morgan fingerprint density at radius 3 is 3.12 bits per heavy atom. The van der Waals surface area contributed by atoms with E-state index in [1.54, 1.807) is 6.07 Å². The lowest BCUT2D eigenvalue weighted by atomic mass is 9.98. The molecule has 1 fully saturated rings. The number of alkyl halides is 2. The second-order valence-corrected chi connectivity index (χ2v) is 4.16. The molecule has 16 heavy (non-hydrogen) atoms. The van der Waals surface area contributed by atoms with Gasteiger partial charge in [-0.3, -0.25) is 0 Å². The molecule has 0 amide bonds. The van der Waals surface area contributed by atoms with Crippen LogP contribution >= 0.6 is 0 Å². The van der Waals surface area contributed by atoms with Crippen LogP contribution in [0.25, 0.3) is 0 Å². The van der Waals surface area contributed by atoms with E-state index in [1.165, 1.54) is 6.07 Å². The molecule has 0 aromatic carbocycles. The number of ether oxygens (including phenoxy) is 1. The van der Waals surface area contributed by atoms with Crippen molar-refractivity contribution in [3.8, 4) is 5.88 Å². The number of rotatable bonds is 1. The van der Waals surface area contributed by atoms with E-state index in [2.05, 4.69) is 10.3 Å². The van der Waals surface area contributed by atoms with Crippen LogP contribution in [0.15, 0.2) is 12.1 Å². The van der Waals surface area contributed by atoms with Gasteiger partial charge >= 0.3 is 0 Å². The molecule has 2 aliphatic heterocycles. The summed E-state index contributed by atoms with van der Waals surface area (Å²) in [6, 6.07) is 3.21. The maximum Gasteiger partial charge on any atom is 0.280 e. The number of halogens is 2. The molecule has 1 N–H and O–H groups in total. The highest BCUT2D eigenvalue weighted by molar-refractivity contribution is 5.37. The van der Waals surface area contributed by atoms with Gasteiger partial charge in [0.2, 0.25) is 5.88 Å². The van der Waals surface area contributed by atoms with Crippen LogP contribution in [0.4, 0.5) is 8.78 Å². The van der Waals surface area contributed by atoms with Crippen LogP contribution in [0.3, 0.4) is 0 Å². The van der Waals surface area contributed by atoms with Crippen molar-refractivity contribution < 1.29 is 13.5 Å². The third kappa shape index (κ3) is 1.46. The van der Waals surface area contributed by atoms with Crippen LogP contribution < -0.4 is 10.1 Å². The first kappa shape index (κ1) is 9.96. The largest absolute Gasteiger partial charge is 0.472 e. The smallest absolute Gasteiger partial charge is 0.280 e. The van der Waals surface area contributed by atoms with Crippen LogP contribution in [0.5, 0.6) is 5.88 Å². The molecule has 0 bridgehead atoms. The summed E-state index contributed by atoms with van der Waals surface area (Å²) >= 11 is 0. The molecule has 0 saturated carbocycles. The first-order valence-electron chi connectivity index (χ1n) is 5.45. The topological polar surface area (TPSA) is 34.1 Å². The Hall–Kier alpha value is -1.23. The summed E-state index contributed by atoms with van der Waals surface area (Å²) in [5.41, 5.74) is 0.700. The molecule has 0 aliphatic carbocycles. The van der Waals surface area contributed by atoms with E-state index >= 15 is 0 Å². The van der Waals surface area contributed by atoms with Gasteiger partial charge in [-0.25, -0.2) is 13.8 Å². The second-order valence-electron chi connectivity index (χ2n) is 4.16. The fraction of sp³-hybridized carbons (Fsp3) is 0.545. The summed E-state index contributed by atoms with van der Waals surface area (Å²) in [5, 5.41) is 3.33. The summed E-state index contributed by atoms with van der Waals surface area (Å²) < 4.78 is 30.5. The first-order valence-corrected chi connectivity index (χ1v) is 5.45. The van der Waals surface area contributed by atoms with Gasteiger partial charge in [0.25, 0.3) is 6.43 Å². The van der Waals surface area contributed by atoms with E-state index in [9.17, 15) is 8.78 Å². The average Bonchev–Trinajstić information content (AvgIpc) is 2.66. The number of aromatic nitrogens is 1. The third-order valence-electron chi connectivity index (χ3n) is 3.13. The second kappa shape index (κ2) is 3.66. The Labute approximate surface area is 91.8 Å². The van der Waals surface area contributed by atoms with Crippen molar-refractivity contribution in [2.75, 3.05) is 6.54 Å². The van der Waals surface area contributed by atoms with Crippen LogP contribution in [0.1, 0.15) is 36.6 Å². The lowest BCUT2D eigenvalue weighted by molar-refractivity contribution is 0.137. The van der Waals surface area contributed by atoms with Gasteiger partial charge in [0.05, 0.1) is 6.04 Å². The number of pyridine rings is 1. The average molecular weight is 226 g/mol. The Kier molecular flexibility index (Phi) is 2.28. The summed E-state index contributed by atoms with van der Waals surface area (Å²) in [6.45, 7) is 0.945. The van der Waals surface area contributed by atoms with Gasteiger partial charge in [-0.05, 0) is 31.5 Å². The highest BCUT2D eigenvalue weighted by atomic mass is 19.3. The summed E-state index contributed by atoms with van der Waals surface area (Å²) in [4.78, 5) is 3.86.